The van der Waals surface area contributed by atoms with E-state index in [2.05, 4.69) is 0 Å². The minimum Gasteiger partial charge on any atom is -0.166 e. The van der Waals surface area contributed by atoms with E-state index in [0.29, 0.717) is 10.6 Å². The molecule has 2 rings (SSSR count). The van der Waals surface area contributed by atoms with E-state index >= 15 is 0 Å². The van der Waals surface area contributed by atoms with Crippen molar-refractivity contribution in [3.63, 3.8) is 0 Å². The van der Waals surface area contributed by atoms with Gasteiger partial charge in [-0.05, 0) is 35.4 Å². The maximum absolute atomic E-state index is 13.0. The Labute approximate surface area is 129 Å². The van der Waals surface area contributed by atoms with Crippen LogP contribution < -0.4 is 0 Å². The number of halogens is 6. The van der Waals surface area contributed by atoms with Gasteiger partial charge in [0.25, 0.3) is 0 Å². The Kier molecular flexibility index (Phi) is 4.52. The van der Waals surface area contributed by atoms with Crippen molar-refractivity contribution >= 4 is 34.8 Å². The normalized spacial score (nSPS) is 13.3. The molecule has 0 aliphatic carbocycles. The summed E-state index contributed by atoms with van der Waals surface area (Å²) in [6.07, 6.45) is -4.48. The van der Waals surface area contributed by atoms with E-state index in [4.69, 9.17) is 34.8 Å². The molecule has 106 valence electrons. The highest BCUT2D eigenvalue weighted by Crippen LogP contribution is 2.41. The SMILES string of the molecule is FC(F)(F)c1ccccc1C(Cl)c1cc(Cl)ccc1Cl. The highest BCUT2D eigenvalue weighted by Gasteiger charge is 2.35. The van der Waals surface area contributed by atoms with Gasteiger partial charge in [-0.15, -0.1) is 11.6 Å². The lowest BCUT2D eigenvalue weighted by Crippen LogP contribution is -2.10. The topological polar surface area (TPSA) is 0 Å². The minimum atomic E-state index is -4.48. The molecule has 0 aliphatic heterocycles. The molecule has 0 aliphatic rings. The molecule has 1 atom stereocenters. The van der Waals surface area contributed by atoms with Crippen LogP contribution in [0.4, 0.5) is 13.2 Å². The predicted molar refractivity (Wildman–Crippen MR) is 75.6 cm³/mol. The zero-order chi connectivity index (χ0) is 14.9. The average Bonchev–Trinajstić information content (AvgIpc) is 2.40. The van der Waals surface area contributed by atoms with Crippen molar-refractivity contribution in [1.82, 2.24) is 0 Å². The monoisotopic (exact) mass is 338 g/mol. The molecule has 0 amide bonds. The van der Waals surface area contributed by atoms with Crippen LogP contribution in [0, 0.1) is 0 Å². The minimum absolute atomic E-state index is 0.0502. The number of benzene rings is 2. The van der Waals surface area contributed by atoms with Gasteiger partial charge in [0.15, 0.2) is 0 Å². The van der Waals surface area contributed by atoms with Crippen molar-refractivity contribution < 1.29 is 13.2 Å². The second kappa shape index (κ2) is 5.84. The molecule has 0 saturated carbocycles. The molecule has 0 aromatic heterocycles. The maximum atomic E-state index is 13.0. The molecule has 2 aromatic rings. The Balaban J connectivity index is 2.54. The molecule has 0 bridgehead atoms. The van der Waals surface area contributed by atoms with Crippen molar-refractivity contribution in [2.24, 2.45) is 0 Å². The molecule has 0 saturated heterocycles. The van der Waals surface area contributed by atoms with Crippen LogP contribution in [0.25, 0.3) is 0 Å². The highest BCUT2D eigenvalue weighted by molar-refractivity contribution is 6.35. The van der Waals surface area contributed by atoms with Crippen LogP contribution in [0.1, 0.15) is 22.1 Å². The summed E-state index contributed by atoms with van der Waals surface area (Å²) in [6, 6.07) is 9.65. The van der Waals surface area contributed by atoms with Gasteiger partial charge in [0.05, 0.1) is 10.9 Å². The van der Waals surface area contributed by atoms with E-state index in [1.165, 1.54) is 30.3 Å². The molecule has 0 N–H and O–H groups in total. The molecular formula is C14H8Cl3F3. The number of alkyl halides is 4. The lowest BCUT2D eigenvalue weighted by Gasteiger charge is -2.18. The molecule has 0 nitrogen and oxygen atoms in total. The molecule has 20 heavy (non-hydrogen) atoms. The Morgan fingerprint density at radius 3 is 2.20 bits per heavy atom. The van der Waals surface area contributed by atoms with Crippen molar-refractivity contribution in [3.05, 3.63) is 69.2 Å². The molecule has 1 unspecified atom stereocenters. The summed E-state index contributed by atoms with van der Waals surface area (Å²) in [5.41, 5.74) is -0.487. The zero-order valence-electron chi connectivity index (χ0n) is 9.89. The number of rotatable bonds is 2. The van der Waals surface area contributed by atoms with Gasteiger partial charge in [-0.3, -0.25) is 0 Å². The molecular weight excluding hydrogens is 332 g/mol. The van der Waals surface area contributed by atoms with Gasteiger partial charge in [-0.25, -0.2) is 0 Å². The lowest BCUT2D eigenvalue weighted by molar-refractivity contribution is -0.138. The first kappa shape index (κ1) is 15.5. The summed E-state index contributed by atoms with van der Waals surface area (Å²) in [5.74, 6) is 0. The maximum Gasteiger partial charge on any atom is 0.416 e. The van der Waals surface area contributed by atoms with E-state index in [0.717, 1.165) is 6.07 Å². The molecule has 0 heterocycles. The number of hydrogen-bond acceptors (Lipinski definition) is 0. The van der Waals surface area contributed by atoms with Crippen LogP contribution in [0.3, 0.4) is 0 Å². The first-order chi connectivity index (χ1) is 9.30. The Bertz CT molecular complexity index is 623. The van der Waals surface area contributed by atoms with E-state index in [1.54, 1.807) is 6.07 Å². The van der Waals surface area contributed by atoms with Gasteiger partial charge >= 0.3 is 6.18 Å². The van der Waals surface area contributed by atoms with E-state index in [9.17, 15) is 13.2 Å². The standard InChI is InChI=1S/C14H8Cl3F3/c15-8-5-6-12(16)10(7-8)13(17)9-3-1-2-4-11(9)14(18,19)20/h1-7,13H. The van der Waals surface area contributed by atoms with Gasteiger partial charge in [0, 0.05) is 10.0 Å². The van der Waals surface area contributed by atoms with Crippen LogP contribution >= 0.6 is 34.8 Å². The van der Waals surface area contributed by atoms with E-state index in [-0.39, 0.29) is 10.6 Å². The average molecular weight is 340 g/mol. The third-order valence-corrected chi connectivity index (χ3v) is 3.82. The summed E-state index contributed by atoms with van der Waals surface area (Å²) in [6.45, 7) is 0. The van der Waals surface area contributed by atoms with Gasteiger partial charge in [0.1, 0.15) is 0 Å². The first-order valence-electron chi connectivity index (χ1n) is 5.56. The van der Waals surface area contributed by atoms with Crippen molar-refractivity contribution in [3.8, 4) is 0 Å². The second-order valence-electron chi connectivity index (χ2n) is 4.11. The fourth-order valence-electron chi connectivity index (χ4n) is 1.85. The molecule has 6 heteroatoms. The van der Waals surface area contributed by atoms with Crippen LogP contribution in [0.5, 0.6) is 0 Å². The van der Waals surface area contributed by atoms with Crippen LogP contribution in [0.15, 0.2) is 42.5 Å². The van der Waals surface area contributed by atoms with Crippen LogP contribution in [-0.2, 0) is 6.18 Å². The Morgan fingerprint density at radius 2 is 1.55 bits per heavy atom. The third-order valence-electron chi connectivity index (χ3n) is 2.77. The van der Waals surface area contributed by atoms with E-state index < -0.39 is 17.1 Å². The zero-order valence-corrected chi connectivity index (χ0v) is 12.2. The van der Waals surface area contributed by atoms with Crippen molar-refractivity contribution in [1.29, 1.82) is 0 Å². The largest absolute Gasteiger partial charge is 0.416 e. The summed E-state index contributed by atoms with van der Waals surface area (Å²) in [4.78, 5) is 0. The first-order valence-corrected chi connectivity index (χ1v) is 6.75. The summed E-state index contributed by atoms with van der Waals surface area (Å²) >= 11 is 18.0. The summed E-state index contributed by atoms with van der Waals surface area (Å²) in [7, 11) is 0. The fraction of sp³-hybridized carbons (Fsp3) is 0.143. The van der Waals surface area contributed by atoms with Gasteiger partial charge in [-0.2, -0.15) is 13.2 Å². The third kappa shape index (κ3) is 3.22. The van der Waals surface area contributed by atoms with E-state index in [1.807, 2.05) is 0 Å². The summed E-state index contributed by atoms with van der Waals surface area (Å²) in [5, 5.41) is -0.398. The lowest BCUT2D eigenvalue weighted by atomic mass is 9.99. The molecule has 0 spiro atoms. The Morgan fingerprint density at radius 1 is 0.900 bits per heavy atom. The van der Waals surface area contributed by atoms with Gasteiger partial charge in [0.2, 0.25) is 0 Å². The van der Waals surface area contributed by atoms with Crippen LogP contribution in [0.2, 0.25) is 10.0 Å². The molecule has 2 aromatic carbocycles. The molecule has 0 radical (unpaired) electrons. The van der Waals surface area contributed by atoms with Gasteiger partial charge in [-0.1, -0.05) is 41.4 Å². The fourth-order valence-corrected chi connectivity index (χ4v) is 2.69. The van der Waals surface area contributed by atoms with Gasteiger partial charge < -0.3 is 0 Å². The van der Waals surface area contributed by atoms with Crippen molar-refractivity contribution in [2.45, 2.75) is 11.6 Å². The summed E-state index contributed by atoms with van der Waals surface area (Å²) < 4.78 is 39.0. The smallest absolute Gasteiger partial charge is 0.166 e. The number of hydrogen-bond donors (Lipinski definition) is 0. The van der Waals surface area contributed by atoms with Crippen molar-refractivity contribution in [2.75, 3.05) is 0 Å². The molecule has 0 fully saturated rings. The highest BCUT2D eigenvalue weighted by atomic mass is 35.5. The second-order valence-corrected chi connectivity index (χ2v) is 5.39. The van der Waals surface area contributed by atoms with Crippen LogP contribution in [-0.4, -0.2) is 0 Å². The Hall–Kier alpha value is -0.900. The quantitative estimate of drug-likeness (QED) is 0.560. The predicted octanol–water partition coefficient (Wildman–Crippen LogP) is 6.34.